The molecule has 0 radical (unpaired) electrons. The standard InChI is InChI=1S/C23H29NO3/c1-17-11-12-18(2)21(16-17)23(27,22(25)26)20-10-4-3-8-19(20)9-7-15-24-13-5-6-14-24/h3-4,8,10-12,16,27H,5-7,9,13-15H2,1-2H3,(H,25,26). The van der Waals surface area contributed by atoms with Gasteiger partial charge in [0.2, 0.25) is 5.60 Å². The second kappa shape index (κ2) is 8.24. The Balaban J connectivity index is 1.93. The molecule has 0 aromatic heterocycles. The Labute approximate surface area is 161 Å². The number of carboxylic acid groups (broad SMARTS) is 1. The van der Waals surface area contributed by atoms with Crippen LogP contribution in [0.15, 0.2) is 42.5 Å². The Morgan fingerprint density at radius 3 is 2.48 bits per heavy atom. The van der Waals surface area contributed by atoms with Crippen LogP contribution in [0.1, 0.15) is 47.1 Å². The average Bonchev–Trinajstić information content (AvgIpc) is 3.17. The molecule has 0 bridgehead atoms. The zero-order valence-corrected chi connectivity index (χ0v) is 16.2. The van der Waals surface area contributed by atoms with Crippen LogP contribution < -0.4 is 0 Å². The predicted molar refractivity (Wildman–Crippen MR) is 107 cm³/mol. The number of aryl methyl sites for hydroxylation is 3. The molecule has 0 aliphatic carbocycles. The quantitative estimate of drug-likeness (QED) is 0.784. The van der Waals surface area contributed by atoms with Crippen molar-refractivity contribution in [2.75, 3.05) is 19.6 Å². The summed E-state index contributed by atoms with van der Waals surface area (Å²) in [4.78, 5) is 14.7. The number of nitrogens with zero attached hydrogens (tertiary/aromatic N) is 1. The zero-order valence-electron chi connectivity index (χ0n) is 16.2. The molecule has 1 aliphatic rings. The van der Waals surface area contributed by atoms with E-state index < -0.39 is 11.6 Å². The molecule has 1 fully saturated rings. The van der Waals surface area contributed by atoms with E-state index in [0.717, 1.165) is 49.2 Å². The first kappa shape index (κ1) is 19.6. The highest BCUT2D eigenvalue weighted by atomic mass is 16.4. The maximum absolute atomic E-state index is 12.3. The van der Waals surface area contributed by atoms with Gasteiger partial charge in [0.1, 0.15) is 0 Å². The summed E-state index contributed by atoms with van der Waals surface area (Å²) in [5.74, 6) is -1.23. The second-order valence-electron chi connectivity index (χ2n) is 7.64. The Morgan fingerprint density at radius 1 is 1.07 bits per heavy atom. The Bertz CT molecular complexity index is 811. The molecule has 1 unspecified atom stereocenters. The summed E-state index contributed by atoms with van der Waals surface area (Å²) < 4.78 is 0. The topological polar surface area (TPSA) is 60.8 Å². The lowest BCUT2D eigenvalue weighted by molar-refractivity contribution is -0.155. The van der Waals surface area contributed by atoms with Crippen LogP contribution in [-0.4, -0.2) is 40.7 Å². The van der Waals surface area contributed by atoms with Crippen LogP contribution in [0.4, 0.5) is 0 Å². The first-order valence-electron chi connectivity index (χ1n) is 9.77. The van der Waals surface area contributed by atoms with Crippen molar-refractivity contribution < 1.29 is 15.0 Å². The highest BCUT2D eigenvalue weighted by Gasteiger charge is 2.42. The SMILES string of the molecule is Cc1ccc(C)c(C(O)(C(=O)O)c2ccccc2CCCN2CCCC2)c1. The van der Waals surface area contributed by atoms with E-state index in [1.807, 2.05) is 38.1 Å². The summed E-state index contributed by atoms with van der Waals surface area (Å²) in [5, 5.41) is 21.4. The van der Waals surface area contributed by atoms with Crippen LogP contribution in [0.2, 0.25) is 0 Å². The van der Waals surface area contributed by atoms with Gasteiger partial charge in [-0.25, -0.2) is 4.79 Å². The van der Waals surface area contributed by atoms with Crippen LogP contribution in [0.25, 0.3) is 0 Å². The molecular weight excluding hydrogens is 338 g/mol. The largest absolute Gasteiger partial charge is 0.479 e. The summed E-state index contributed by atoms with van der Waals surface area (Å²) >= 11 is 0. The van der Waals surface area contributed by atoms with Crippen LogP contribution >= 0.6 is 0 Å². The van der Waals surface area contributed by atoms with Gasteiger partial charge in [0.05, 0.1) is 0 Å². The molecule has 1 heterocycles. The number of aliphatic hydroxyl groups is 1. The molecule has 1 saturated heterocycles. The number of aliphatic carboxylic acids is 1. The van der Waals surface area contributed by atoms with Crippen LogP contribution in [-0.2, 0) is 16.8 Å². The number of benzene rings is 2. The van der Waals surface area contributed by atoms with E-state index in [2.05, 4.69) is 4.90 Å². The smallest absolute Gasteiger partial charge is 0.345 e. The third-order valence-electron chi connectivity index (χ3n) is 5.62. The van der Waals surface area contributed by atoms with Gasteiger partial charge < -0.3 is 15.1 Å². The van der Waals surface area contributed by atoms with Crippen molar-refractivity contribution in [2.24, 2.45) is 0 Å². The molecule has 0 saturated carbocycles. The molecule has 2 aromatic carbocycles. The van der Waals surface area contributed by atoms with Crippen molar-refractivity contribution in [1.29, 1.82) is 0 Å². The van der Waals surface area contributed by atoms with E-state index >= 15 is 0 Å². The van der Waals surface area contributed by atoms with Crippen LogP contribution in [0.3, 0.4) is 0 Å². The molecule has 2 N–H and O–H groups in total. The van der Waals surface area contributed by atoms with Crippen molar-refractivity contribution in [3.8, 4) is 0 Å². The average molecular weight is 367 g/mol. The molecule has 1 atom stereocenters. The molecule has 0 amide bonds. The molecule has 4 nitrogen and oxygen atoms in total. The summed E-state index contributed by atoms with van der Waals surface area (Å²) in [5.41, 5.74) is 1.50. The van der Waals surface area contributed by atoms with Gasteiger partial charge in [0, 0.05) is 11.1 Å². The summed E-state index contributed by atoms with van der Waals surface area (Å²) in [6.07, 6.45) is 4.25. The number of likely N-dealkylation sites (tertiary alicyclic amines) is 1. The summed E-state index contributed by atoms with van der Waals surface area (Å²) in [7, 11) is 0. The second-order valence-corrected chi connectivity index (χ2v) is 7.64. The van der Waals surface area contributed by atoms with Crippen molar-refractivity contribution in [3.05, 3.63) is 70.3 Å². The van der Waals surface area contributed by atoms with Gasteiger partial charge in [0.25, 0.3) is 0 Å². The monoisotopic (exact) mass is 367 g/mol. The molecule has 2 aromatic rings. The normalized spacial score (nSPS) is 17.0. The van der Waals surface area contributed by atoms with E-state index in [-0.39, 0.29) is 0 Å². The first-order chi connectivity index (χ1) is 12.9. The van der Waals surface area contributed by atoms with E-state index in [4.69, 9.17) is 0 Å². The number of hydrogen-bond acceptors (Lipinski definition) is 3. The molecular formula is C23H29NO3. The van der Waals surface area contributed by atoms with Crippen molar-refractivity contribution in [3.63, 3.8) is 0 Å². The fraction of sp³-hybridized carbons (Fsp3) is 0.435. The highest BCUT2D eigenvalue weighted by Crippen LogP contribution is 2.35. The first-order valence-corrected chi connectivity index (χ1v) is 9.77. The van der Waals surface area contributed by atoms with Gasteiger partial charge in [-0.1, -0.05) is 48.0 Å². The van der Waals surface area contributed by atoms with Gasteiger partial charge in [-0.15, -0.1) is 0 Å². The molecule has 144 valence electrons. The van der Waals surface area contributed by atoms with Crippen LogP contribution in [0.5, 0.6) is 0 Å². The Morgan fingerprint density at radius 2 is 1.78 bits per heavy atom. The third-order valence-corrected chi connectivity index (χ3v) is 5.62. The minimum Gasteiger partial charge on any atom is -0.479 e. The lowest BCUT2D eigenvalue weighted by Crippen LogP contribution is -2.38. The maximum Gasteiger partial charge on any atom is 0.345 e. The highest BCUT2D eigenvalue weighted by molar-refractivity contribution is 5.85. The Kier molecular flexibility index (Phi) is 5.98. The lowest BCUT2D eigenvalue weighted by atomic mass is 9.80. The molecule has 27 heavy (non-hydrogen) atoms. The third kappa shape index (κ3) is 4.07. The van der Waals surface area contributed by atoms with Crippen molar-refractivity contribution >= 4 is 5.97 Å². The number of carbonyl (C=O) groups is 1. The van der Waals surface area contributed by atoms with Gasteiger partial charge in [-0.3, -0.25) is 0 Å². The molecule has 3 rings (SSSR count). The van der Waals surface area contributed by atoms with Gasteiger partial charge >= 0.3 is 5.97 Å². The fourth-order valence-corrected chi connectivity index (χ4v) is 4.09. The van der Waals surface area contributed by atoms with Gasteiger partial charge in [-0.05, 0) is 70.3 Å². The van der Waals surface area contributed by atoms with E-state index in [0.29, 0.717) is 11.1 Å². The predicted octanol–water partition coefficient (Wildman–Crippen LogP) is 3.65. The summed E-state index contributed by atoms with van der Waals surface area (Å²) in [6.45, 7) is 7.08. The zero-order chi connectivity index (χ0) is 19.4. The fourth-order valence-electron chi connectivity index (χ4n) is 4.09. The van der Waals surface area contributed by atoms with E-state index in [1.54, 1.807) is 18.2 Å². The number of hydrogen-bond donors (Lipinski definition) is 2. The minimum atomic E-state index is -2.04. The minimum absolute atomic E-state index is 0.446. The lowest BCUT2D eigenvalue weighted by Gasteiger charge is -2.29. The molecule has 0 spiro atoms. The number of carboxylic acids is 1. The van der Waals surface area contributed by atoms with Crippen LogP contribution in [0, 0.1) is 13.8 Å². The number of rotatable bonds is 7. The van der Waals surface area contributed by atoms with Crippen molar-refractivity contribution in [2.45, 2.75) is 45.1 Å². The Hall–Kier alpha value is -2.17. The van der Waals surface area contributed by atoms with Gasteiger partial charge in [0.15, 0.2) is 0 Å². The maximum atomic E-state index is 12.3. The molecule has 4 heteroatoms. The van der Waals surface area contributed by atoms with Gasteiger partial charge in [-0.2, -0.15) is 0 Å². The van der Waals surface area contributed by atoms with E-state index in [1.165, 1.54) is 12.8 Å². The van der Waals surface area contributed by atoms with E-state index in [9.17, 15) is 15.0 Å². The van der Waals surface area contributed by atoms with Crippen molar-refractivity contribution in [1.82, 2.24) is 4.90 Å². The summed E-state index contributed by atoms with van der Waals surface area (Å²) in [6, 6.07) is 13.0. The molecule has 1 aliphatic heterocycles.